The zero-order chi connectivity index (χ0) is 19.3. The van der Waals surface area contributed by atoms with Crippen LogP contribution in [0.5, 0.6) is 0 Å². The Morgan fingerprint density at radius 2 is 1.69 bits per heavy atom. The summed E-state index contributed by atoms with van der Waals surface area (Å²) >= 11 is 0. The van der Waals surface area contributed by atoms with E-state index in [2.05, 4.69) is 10.1 Å². The predicted octanol–water partition coefficient (Wildman–Crippen LogP) is 4.21. The highest BCUT2D eigenvalue weighted by Crippen LogP contribution is 2.39. The summed E-state index contributed by atoms with van der Waals surface area (Å²) in [5, 5.41) is 13.4. The molecule has 0 aliphatic rings. The molecule has 2 aromatic heterocycles. The van der Waals surface area contributed by atoms with E-state index >= 15 is 0 Å². The van der Waals surface area contributed by atoms with Crippen molar-refractivity contribution in [1.29, 1.82) is 0 Å². The van der Waals surface area contributed by atoms with Crippen LogP contribution in [0.2, 0.25) is 0 Å². The van der Waals surface area contributed by atoms with Crippen molar-refractivity contribution in [2.45, 2.75) is 24.9 Å². The molecule has 0 amide bonds. The van der Waals surface area contributed by atoms with Crippen molar-refractivity contribution in [3.8, 4) is 5.69 Å². The predicted molar refractivity (Wildman–Crippen MR) is 79.5 cm³/mol. The van der Waals surface area contributed by atoms with E-state index in [1.807, 2.05) is 0 Å². The van der Waals surface area contributed by atoms with Crippen LogP contribution >= 0.6 is 0 Å². The quantitative estimate of drug-likeness (QED) is 0.683. The topological polar surface area (TPSA) is 50.9 Å². The number of aromatic nitrogens is 3. The zero-order valence-electron chi connectivity index (χ0n) is 13.1. The first-order chi connectivity index (χ1) is 11.9. The van der Waals surface area contributed by atoms with Crippen LogP contribution in [-0.2, 0) is 11.8 Å². The van der Waals surface area contributed by atoms with Gasteiger partial charge in [0.2, 0.25) is 0 Å². The Bertz CT molecular complexity index is 959. The van der Waals surface area contributed by atoms with Crippen molar-refractivity contribution < 1.29 is 31.4 Å². The van der Waals surface area contributed by atoms with Crippen LogP contribution < -0.4 is 0 Å². The molecule has 138 valence electrons. The van der Waals surface area contributed by atoms with E-state index in [-0.39, 0.29) is 16.6 Å². The monoisotopic (exact) mass is 375 g/mol. The molecule has 2 heterocycles. The van der Waals surface area contributed by atoms with Crippen LogP contribution in [0.1, 0.15) is 18.1 Å². The molecule has 1 N–H and O–H groups in total. The van der Waals surface area contributed by atoms with Gasteiger partial charge in [-0.3, -0.25) is 4.98 Å². The number of rotatable bonds is 2. The molecule has 3 rings (SSSR count). The molecule has 10 heteroatoms. The largest absolute Gasteiger partial charge is 0.421 e. The molecule has 0 radical (unpaired) electrons. The summed E-state index contributed by atoms with van der Waals surface area (Å²) in [5.41, 5.74) is -4.60. The van der Waals surface area contributed by atoms with Gasteiger partial charge < -0.3 is 5.11 Å². The lowest BCUT2D eigenvalue weighted by molar-refractivity contribution is -0.259. The highest BCUT2D eigenvalue weighted by Gasteiger charge is 2.51. The van der Waals surface area contributed by atoms with Crippen molar-refractivity contribution in [3.05, 3.63) is 54.0 Å². The summed E-state index contributed by atoms with van der Waals surface area (Å²) < 4.78 is 79.3. The van der Waals surface area contributed by atoms with Crippen molar-refractivity contribution in [2.75, 3.05) is 0 Å². The Morgan fingerprint density at radius 1 is 1.00 bits per heavy atom. The van der Waals surface area contributed by atoms with Gasteiger partial charge in [0, 0.05) is 17.1 Å². The second-order valence-electron chi connectivity index (χ2n) is 5.79. The maximum absolute atomic E-state index is 13.1. The van der Waals surface area contributed by atoms with E-state index in [0.717, 1.165) is 35.4 Å². The Labute approximate surface area is 142 Å². The third-order valence-electron chi connectivity index (χ3n) is 4.00. The van der Waals surface area contributed by atoms with Gasteiger partial charge in [-0.05, 0) is 25.1 Å². The van der Waals surface area contributed by atoms with Crippen LogP contribution in [0, 0.1) is 0 Å². The summed E-state index contributed by atoms with van der Waals surface area (Å²) in [6.07, 6.45) is -6.60. The molecule has 0 aliphatic carbocycles. The standard InChI is InChI=1S/C16H11F6N3O/c1-14(26,16(20,21)22)9-5-10(7-23-6-9)25-13-4-2-3-12(15(17,18)19)11(13)8-24-25/h2-8,26H,1H3. The maximum atomic E-state index is 13.1. The second-order valence-corrected chi connectivity index (χ2v) is 5.79. The van der Waals surface area contributed by atoms with Gasteiger partial charge in [-0.1, -0.05) is 6.07 Å². The van der Waals surface area contributed by atoms with Gasteiger partial charge >= 0.3 is 12.4 Å². The van der Waals surface area contributed by atoms with E-state index in [9.17, 15) is 31.4 Å². The maximum Gasteiger partial charge on any atom is 0.421 e. The third kappa shape index (κ3) is 2.90. The van der Waals surface area contributed by atoms with E-state index in [0.29, 0.717) is 6.92 Å². The number of nitrogens with zero attached hydrogens (tertiary/aromatic N) is 3. The summed E-state index contributed by atoms with van der Waals surface area (Å²) in [6.45, 7) is 0.566. The molecule has 0 fully saturated rings. The van der Waals surface area contributed by atoms with Gasteiger partial charge in [-0.2, -0.15) is 31.4 Å². The van der Waals surface area contributed by atoms with E-state index in [4.69, 9.17) is 0 Å². The Kier molecular flexibility index (Phi) is 3.98. The first kappa shape index (κ1) is 18.2. The molecule has 0 spiro atoms. The van der Waals surface area contributed by atoms with Crippen LogP contribution in [0.3, 0.4) is 0 Å². The first-order valence-corrected chi connectivity index (χ1v) is 7.22. The van der Waals surface area contributed by atoms with Crippen molar-refractivity contribution in [3.63, 3.8) is 0 Å². The molecule has 0 aliphatic heterocycles. The highest BCUT2D eigenvalue weighted by atomic mass is 19.4. The van der Waals surface area contributed by atoms with Crippen molar-refractivity contribution in [2.24, 2.45) is 0 Å². The zero-order valence-corrected chi connectivity index (χ0v) is 13.1. The lowest BCUT2D eigenvalue weighted by Gasteiger charge is -2.26. The number of alkyl halides is 6. The molecule has 1 aromatic carbocycles. The van der Waals surface area contributed by atoms with Crippen LogP contribution in [-0.4, -0.2) is 26.0 Å². The lowest BCUT2D eigenvalue weighted by atomic mass is 9.97. The molecule has 1 atom stereocenters. The number of halogens is 6. The van der Waals surface area contributed by atoms with Crippen molar-refractivity contribution in [1.82, 2.24) is 14.8 Å². The molecule has 0 saturated heterocycles. The molecule has 1 unspecified atom stereocenters. The number of fused-ring (bicyclic) bond motifs is 1. The average molecular weight is 375 g/mol. The Balaban J connectivity index is 2.16. The number of aliphatic hydroxyl groups is 1. The highest BCUT2D eigenvalue weighted by molar-refractivity contribution is 5.84. The van der Waals surface area contributed by atoms with Gasteiger partial charge in [0.05, 0.1) is 29.2 Å². The van der Waals surface area contributed by atoms with Gasteiger partial charge in [0.15, 0.2) is 5.60 Å². The van der Waals surface area contributed by atoms with Gasteiger partial charge in [-0.15, -0.1) is 0 Å². The number of benzene rings is 1. The van der Waals surface area contributed by atoms with Gasteiger partial charge in [0.25, 0.3) is 0 Å². The molecular formula is C16H11F6N3O. The second kappa shape index (κ2) is 5.70. The summed E-state index contributed by atoms with van der Waals surface area (Å²) in [4.78, 5) is 3.66. The Hall–Kier alpha value is -2.62. The molecule has 0 bridgehead atoms. The number of hydrogen-bond acceptors (Lipinski definition) is 3. The fourth-order valence-corrected chi connectivity index (χ4v) is 2.48. The minimum Gasteiger partial charge on any atom is -0.376 e. The fourth-order valence-electron chi connectivity index (χ4n) is 2.48. The van der Waals surface area contributed by atoms with Gasteiger partial charge in [0.1, 0.15) is 0 Å². The average Bonchev–Trinajstić information content (AvgIpc) is 2.96. The first-order valence-electron chi connectivity index (χ1n) is 7.22. The third-order valence-corrected chi connectivity index (χ3v) is 4.00. The van der Waals surface area contributed by atoms with Crippen LogP contribution in [0.25, 0.3) is 16.6 Å². The SMILES string of the molecule is CC(O)(c1cncc(-n2ncc3c(C(F)(F)F)cccc32)c1)C(F)(F)F. The summed E-state index contributed by atoms with van der Waals surface area (Å²) in [6, 6.07) is 4.39. The normalized spacial score (nSPS) is 15.2. The molecule has 4 nitrogen and oxygen atoms in total. The number of pyridine rings is 1. The van der Waals surface area contributed by atoms with E-state index in [1.54, 1.807) is 0 Å². The minimum atomic E-state index is -4.96. The minimum absolute atomic E-state index is 0.0126. The van der Waals surface area contributed by atoms with Crippen LogP contribution in [0.15, 0.2) is 42.9 Å². The van der Waals surface area contributed by atoms with Gasteiger partial charge in [-0.25, -0.2) is 4.68 Å². The fraction of sp³-hybridized carbons (Fsp3) is 0.250. The summed E-state index contributed by atoms with van der Waals surface area (Å²) in [7, 11) is 0. The smallest absolute Gasteiger partial charge is 0.376 e. The Morgan fingerprint density at radius 3 is 2.31 bits per heavy atom. The van der Waals surface area contributed by atoms with E-state index < -0.39 is 29.1 Å². The van der Waals surface area contributed by atoms with Crippen molar-refractivity contribution >= 4 is 10.9 Å². The van der Waals surface area contributed by atoms with Crippen LogP contribution in [0.4, 0.5) is 26.3 Å². The van der Waals surface area contributed by atoms with E-state index in [1.165, 1.54) is 12.1 Å². The number of hydrogen-bond donors (Lipinski definition) is 1. The molecule has 26 heavy (non-hydrogen) atoms. The molecule has 3 aromatic rings. The molecular weight excluding hydrogens is 364 g/mol. The lowest BCUT2D eigenvalue weighted by Crippen LogP contribution is -2.39. The summed E-state index contributed by atoms with van der Waals surface area (Å²) in [5.74, 6) is 0. The molecule has 0 saturated carbocycles.